The van der Waals surface area contributed by atoms with Crippen molar-refractivity contribution in [2.75, 3.05) is 14.2 Å². The van der Waals surface area contributed by atoms with Crippen LogP contribution in [0.2, 0.25) is 0 Å². The highest BCUT2D eigenvalue weighted by Gasteiger charge is 2.46. The van der Waals surface area contributed by atoms with Crippen molar-refractivity contribution in [1.82, 2.24) is 0 Å². The first-order valence-corrected chi connectivity index (χ1v) is 10.6. The van der Waals surface area contributed by atoms with Crippen molar-refractivity contribution in [3.63, 3.8) is 0 Å². The summed E-state index contributed by atoms with van der Waals surface area (Å²) in [6.07, 6.45) is 2.03. The molecule has 1 heterocycles. The highest BCUT2D eigenvalue weighted by molar-refractivity contribution is 6.05. The normalized spacial score (nSPS) is 16.6. The topological polar surface area (TPSA) is 30.8 Å². The zero-order valence-electron chi connectivity index (χ0n) is 19.3. The zero-order chi connectivity index (χ0) is 21.9. The van der Waals surface area contributed by atoms with E-state index in [-0.39, 0.29) is 11.0 Å². The van der Waals surface area contributed by atoms with Crippen molar-refractivity contribution in [1.29, 1.82) is 0 Å². The van der Waals surface area contributed by atoms with Gasteiger partial charge in [0.05, 0.1) is 19.8 Å². The first kappa shape index (κ1) is 21.9. The number of hydrogen-bond acceptors (Lipinski definition) is 3. The van der Waals surface area contributed by atoms with E-state index in [1.54, 1.807) is 14.2 Å². The molecule has 0 fully saturated rings. The third-order valence-corrected chi connectivity index (χ3v) is 6.35. The molecule has 0 unspecified atom stereocenters. The van der Waals surface area contributed by atoms with Gasteiger partial charge in [0.2, 0.25) is 0 Å². The molecule has 3 heteroatoms. The van der Waals surface area contributed by atoms with Crippen LogP contribution >= 0.6 is 0 Å². The van der Waals surface area contributed by atoms with Crippen LogP contribution in [0.1, 0.15) is 58.6 Å². The van der Waals surface area contributed by atoms with Gasteiger partial charge in [-0.15, -0.1) is 5.73 Å². The number of aliphatic imine (C=N–C) groups is 1. The fraction of sp³-hybridized carbons (Fsp3) is 0.407. The van der Waals surface area contributed by atoms with Gasteiger partial charge in [-0.25, -0.2) is 0 Å². The predicted octanol–water partition coefficient (Wildman–Crippen LogP) is 6.72. The second-order valence-electron chi connectivity index (χ2n) is 8.82. The maximum Gasteiger partial charge on any atom is 0.118 e. The lowest BCUT2D eigenvalue weighted by molar-refractivity contribution is 0.284. The van der Waals surface area contributed by atoms with E-state index < -0.39 is 0 Å². The average Bonchev–Trinajstić information content (AvgIpc) is 2.90. The van der Waals surface area contributed by atoms with Crippen LogP contribution in [0.15, 0.2) is 64.8 Å². The van der Waals surface area contributed by atoms with Gasteiger partial charge < -0.3 is 9.47 Å². The minimum Gasteiger partial charge on any atom is -0.497 e. The number of ether oxygens (including phenoxy) is 2. The first-order valence-electron chi connectivity index (χ1n) is 10.6. The summed E-state index contributed by atoms with van der Waals surface area (Å²) in [4.78, 5) is 5.10. The molecule has 1 aliphatic heterocycles. The van der Waals surface area contributed by atoms with Gasteiger partial charge in [-0.2, -0.15) is 0 Å². The lowest BCUT2D eigenvalue weighted by atomic mass is 9.71. The minimum absolute atomic E-state index is 0.109. The summed E-state index contributed by atoms with van der Waals surface area (Å²) in [6, 6.07) is 16.4. The van der Waals surface area contributed by atoms with Crippen molar-refractivity contribution in [2.45, 2.75) is 53.0 Å². The molecule has 0 spiro atoms. The summed E-state index contributed by atoms with van der Waals surface area (Å²) in [7, 11) is 3.38. The van der Waals surface area contributed by atoms with E-state index in [4.69, 9.17) is 14.5 Å². The fourth-order valence-electron chi connectivity index (χ4n) is 3.80. The van der Waals surface area contributed by atoms with Crippen LogP contribution in [0, 0.1) is 5.41 Å². The van der Waals surface area contributed by atoms with E-state index in [9.17, 15) is 0 Å². The van der Waals surface area contributed by atoms with Gasteiger partial charge in [0.1, 0.15) is 11.5 Å². The average molecular weight is 404 g/mol. The molecule has 0 aliphatic carbocycles. The lowest BCUT2D eigenvalue weighted by Gasteiger charge is -2.33. The van der Waals surface area contributed by atoms with Crippen LogP contribution in [-0.4, -0.2) is 25.5 Å². The Balaban J connectivity index is 2.28. The molecule has 3 rings (SSSR count). The summed E-state index contributed by atoms with van der Waals surface area (Å²) in [5.41, 5.74) is 9.20. The Kier molecular flexibility index (Phi) is 6.24. The van der Waals surface area contributed by atoms with Gasteiger partial charge in [-0.3, -0.25) is 4.99 Å². The molecule has 0 atom stereocenters. The highest BCUT2D eigenvalue weighted by atomic mass is 16.5. The molecule has 3 nitrogen and oxygen atoms in total. The van der Waals surface area contributed by atoms with Crippen LogP contribution in [0.4, 0.5) is 0 Å². The van der Waals surface area contributed by atoms with E-state index in [1.165, 1.54) is 11.3 Å². The second kappa shape index (κ2) is 8.53. The van der Waals surface area contributed by atoms with Crippen LogP contribution < -0.4 is 9.47 Å². The molecule has 0 aromatic heterocycles. The number of hydrogen-bond donors (Lipinski definition) is 0. The van der Waals surface area contributed by atoms with Gasteiger partial charge in [0, 0.05) is 22.3 Å². The van der Waals surface area contributed by atoms with Crippen molar-refractivity contribution in [3.05, 3.63) is 71.0 Å². The molecule has 0 radical (unpaired) electrons. The molecule has 2 aromatic rings. The van der Waals surface area contributed by atoms with Crippen LogP contribution in [-0.2, 0) is 0 Å². The molecule has 0 amide bonds. The van der Waals surface area contributed by atoms with E-state index in [0.717, 1.165) is 41.0 Å². The van der Waals surface area contributed by atoms with E-state index >= 15 is 0 Å². The molecule has 1 aliphatic rings. The Morgan fingerprint density at radius 1 is 0.833 bits per heavy atom. The van der Waals surface area contributed by atoms with Gasteiger partial charge >= 0.3 is 0 Å². The van der Waals surface area contributed by atoms with Crippen molar-refractivity contribution in [2.24, 2.45) is 10.4 Å². The first-order chi connectivity index (χ1) is 14.2. The SMILES string of the molecule is CCCC1=NC(C)(C)C(C)(C)C1=C=C(c1ccc(OC)cc1)c1ccc(OC)cc1. The third-order valence-electron chi connectivity index (χ3n) is 6.35. The van der Waals surface area contributed by atoms with Gasteiger partial charge in [0.25, 0.3) is 0 Å². The Labute approximate surface area is 181 Å². The minimum atomic E-state index is -0.162. The molecular weight excluding hydrogens is 370 g/mol. The largest absolute Gasteiger partial charge is 0.497 e. The quantitative estimate of drug-likeness (QED) is 0.501. The van der Waals surface area contributed by atoms with Crippen molar-refractivity contribution >= 4 is 11.3 Å². The van der Waals surface area contributed by atoms with E-state index in [2.05, 4.69) is 64.6 Å². The summed E-state index contributed by atoms with van der Waals surface area (Å²) < 4.78 is 10.7. The summed E-state index contributed by atoms with van der Waals surface area (Å²) >= 11 is 0. The summed E-state index contributed by atoms with van der Waals surface area (Å²) in [5, 5.41) is 0. The Morgan fingerprint density at radius 2 is 1.30 bits per heavy atom. The van der Waals surface area contributed by atoms with Crippen LogP contribution in [0.5, 0.6) is 11.5 Å². The molecule has 30 heavy (non-hydrogen) atoms. The van der Waals surface area contributed by atoms with Crippen molar-refractivity contribution < 1.29 is 9.47 Å². The maximum absolute atomic E-state index is 5.36. The molecule has 2 aromatic carbocycles. The van der Waals surface area contributed by atoms with E-state index in [1.807, 2.05) is 24.3 Å². The molecule has 0 saturated heterocycles. The number of rotatable bonds is 6. The van der Waals surface area contributed by atoms with Gasteiger partial charge in [0.15, 0.2) is 0 Å². The van der Waals surface area contributed by atoms with Gasteiger partial charge in [-0.1, -0.05) is 51.5 Å². The standard InChI is InChI=1S/C27H33NO2/c1-8-9-25-24(26(2,3)27(4,5)28-25)18-23(19-10-14-21(29-6)15-11-19)20-12-16-22(30-7)17-13-20/h10-17H,8-9H2,1-7H3. The molecular formula is C27H33NO2. The third kappa shape index (κ3) is 4.08. The van der Waals surface area contributed by atoms with Gasteiger partial charge in [-0.05, 0) is 55.7 Å². The zero-order valence-corrected chi connectivity index (χ0v) is 19.3. The number of benzene rings is 2. The molecule has 158 valence electrons. The van der Waals surface area contributed by atoms with Crippen molar-refractivity contribution in [3.8, 4) is 11.5 Å². The highest BCUT2D eigenvalue weighted by Crippen LogP contribution is 2.47. The Bertz CT molecular complexity index is 937. The summed E-state index contributed by atoms with van der Waals surface area (Å²) in [6.45, 7) is 11.2. The molecule has 0 N–H and O–H groups in total. The van der Waals surface area contributed by atoms with E-state index in [0.29, 0.717) is 0 Å². The lowest BCUT2D eigenvalue weighted by Crippen LogP contribution is -2.34. The Hall–Kier alpha value is -2.77. The predicted molar refractivity (Wildman–Crippen MR) is 126 cm³/mol. The second-order valence-corrected chi connectivity index (χ2v) is 8.82. The van der Waals surface area contributed by atoms with Crippen LogP contribution in [0.3, 0.4) is 0 Å². The summed E-state index contributed by atoms with van der Waals surface area (Å²) in [5.74, 6) is 1.69. The Morgan fingerprint density at radius 3 is 1.70 bits per heavy atom. The fourth-order valence-corrected chi connectivity index (χ4v) is 3.80. The van der Waals surface area contributed by atoms with Crippen LogP contribution in [0.25, 0.3) is 5.57 Å². The monoisotopic (exact) mass is 403 g/mol. The molecule has 0 bridgehead atoms. The number of nitrogens with zero attached hydrogens (tertiary/aromatic N) is 1. The maximum atomic E-state index is 5.36. The smallest absolute Gasteiger partial charge is 0.118 e. The molecule has 0 saturated carbocycles. The number of methoxy groups -OCH3 is 2.